The smallest absolute Gasteiger partial charge is 0.333 e. The average Bonchev–Trinajstić information content (AvgIpc) is 2.54. The third-order valence-electron chi connectivity index (χ3n) is 2.15. The molecule has 6 nitrogen and oxygen atoms in total. The van der Waals surface area contributed by atoms with E-state index in [2.05, 4.69) is 0 Å². The van der Waals surface area contributed by atoms with Crippen LogP contribution in [0.4, 0.5) is 0 Å². The summed E-state index contributed by atoms with van der Waals surface area (Å²) in [7, 11) is 2.81. The van der Waals surface area contributed by atoms with Crippen molar-refractivity contribution in [2.45, 2.75) is 0 Å². The molecule has 6 heteroatoms. The second kappa shape index (κ2) is 2.50. The summed E-state index contributed by atoms with van der Waals surface area (Å²) >= 11 is 0. The Labute approximate surface area is 77.6 Å². The van der Waals surface area contributed by atoms with Crippen molar-refractivity contribution in [3.05, 3.63) is 27.1 Å². The Balaban J connectivity index is 3.22. The standard InChI is InChI=1S/C8H8N2O4/c1-9-6(12)5-4(11)3-14-7(5)10(2)8(9)13/h3,11H,1-2H3. The number of furan rings is 1. The maximum Gasteiger partial charge on any atom is 0.333 e. The maximum absolute atomic E-state index is 11.5. The number of aromatic nitrogens is 2. The lowest BCUT2D eigenvalue weighted by Crippen LogP contribution is -2.36. The molecule has 0 amide bonds. The van der Waals surface area contributed by atoms with Gasteiger partial charge < -0.3 is 9.52 Å². The number of aryl methyl sites for hydroxylation is 1. The third kappa shape index (κ3) is 0.847. The van der Waals surface area contributed by atoms with Gasteiger partial charge in [0.2, 0.25) is 5.71 Å². The minimum atomic E-state index is -0.561. The molecule has 0 unspecified atom stereocenters. The summed E-state index contributed by atoms with van der Waals surface area (Å²) in [6.45, 7) is 0. The predicted octanol–water partition coefficient (Wildman–Crippen LogP) is -0.464. The number of hydrogen-bond donors (Lipinski definition) is 1. The lowest BCUT2D eigenvalue weighted by Gasteiger charge is -2.01. The predicted molar refractivity (Wildman–Crippen MR) is 48.4 cm³/mol. The van der Waals surface area contributed by atoms with Gasteiger partial charge in [-0.15, -0.1) is 0 Å². The summed E-state index contributed by atoms with van der Waals surface area (Å²) in [5.74, 6) is -0.254. The van der Waals surface area contributed by atoms with Crippen molar-refractivity contribution in [1.29, 1.82) is 0 Å². The van der Waals surface area contributed by atoms with Crippen molar-refractivity contribution in [1.82, 2.24) is 9.13 Å². The van der Waals surface area contributed by atoms with E-state index in [1.807, 2.05) is 0 Å². The summed E-state index contributed by atoms with van der Waals surface area (Å²) in [6, 6.07) is 0. The summed E-state index contributed by atoms with van der Waals surface area (Å²) < 4.78 is 6.97. The van der Waals surface area contributed by atoms with E-state index in [9.17, 15) is 14.7 Å². The molecule has 1 N–H and O–H groups in total. The highest BCUT2D eigenvalue weighted by Crippen LogP contribution is 2.20. The van der Waals surface area contributed by atoms with Gasteiger partial charge in [0.1, 0.15) is 11.6 Å². The molecule has 2 aromatic rings. The Morgan fingerprint density at radius 3 is 2.57 bits per heavy atom. The first-order chi connectivity index (χ1) is 6.54. The summed E-state index contributed by atoms with van der Waals surface area (Å²) in [6.07, 6.45) is 1.03. The van der Waals surface area contributed by atoms with Crippen molar-refractivity contribution >= 4 is 11.1 Å². The van der Waals surface area contributed by atoms with Crippen molar-refractivity contribution in [2.24, 2.45) is 14.1 Å². The van der Waals surface area contributed by atoms with Gasteiger partial charge in [-0.3, -0.25) is 13.9 Å². The molecule has 14 heavy (non-hydrogen) atoms. The van der Waals surface area contributed by atoms with E-state index in [1.54, 1.807) is 0 Å². The van der Waals surface area contributed by atoms with Crippen LogP contribution in [-0.4, -0.2) is 14.2 Å². The van der Waals surface area contributed by atoms with Gasteiger partial charge in [-0.05, 0) is 0 Å². The molecule has 0 aromatic carbocycles. The van der Waals surface area contributed by atoms with Crippen LogP contribution in [0.15, 0.2) is 20.3 Å². The fraction of sp³-hybridized carbons (Fsp3) is 0.250. The van der Waals surface area contributed by atoms with E-state index in [0.29, 0.717) is 0 Å². The number of hydrogen-bond acceptors (Lipinski definition) is 4. The van der Waals surface area contributed by atoms with Crippen LogP contribution >= 0.6 is 0 Å². The van der Waals surface area contributed by atoms with Gasteiger partial charge >= 0.3 is 5.69 Å². The first kappa shape index (κ1) is 8.61. The molecule has 0 radical (unpaired) electrons. The fourth-order valence-electron chi connectivity index (χ4n) is 1.35. The number of rotatable bonds is 0. The molecule has 0 aliphatic rings. The van der Waals surface area contributed by atoms with Crippen molar-refractivity contribution < 1.29 is 9.52 Å². The van der Waals surface area contributed by atoms with Gasteiger partial charge in [0.05, 0.1) is 0 Å². The first-order valence-electron chi connectivity index (χ1n) is 3.90. The zero-order chi connectivity index (χ0) is 10.5. The van der Waals surface area contributed by atoms with Gasteiger partial charge in [-0.1, -0.05) is 0 Å². The zero-order valence-electron chi connectivity index (χ0n) is 7.64. The Kier molecular flexibility index (Phi) is 1.54. The number of aromatic hydroxyl groups is 1. The Bertz CT molecular complexity index is 617. The van der Waals surface area contributed by atoms with Crippen LogP contribution in [0.3, 0.4) is 0 Å². The van der Waals surface area contributed by atoms with Crippen LogP contribution in [0.1, 0.15) is 0 Å². The third-order valence-corrected chi connectivity index (χ3v) is 2.15. The monoisotopic (exact) mass is 196 g/mol. The zero-order valence-corrected chi connectivity index (χ0v) is 7.64. The topological polar surface area (TPSA) is 77.4 Å². The molecule has 0 bridgehead atoms. The van der Waals surface area contributed by atoms with Crippen LogP contribution in [0, 0.1) is 0 Å². The molecule has 0 aliphatic carbocycles. The van der Waals surface area contributed by atoms with Crippen molar-refractivity contribution in [3.63, 3.8) is 0 Å². The molecule has 74 valence electrons. The minimum absolute atomic E-state index is 0.0228. The molecule has 0 fully saturated rings. The van der Waals surface area contributed by atoms with Gasteiger partial charge in [0, 0.05) is 14.1 Å². The molecule has 2 heterocycles. The van der Waals surface area contributed by atoms with E-state index in [1.165, 1.54) is 14.1 Å². The summed E-state index contributed by atoms with van der Waals surface area (Å²) in [5, 5.41) is 9.33. The molecular formula is C8H8N2O4. The van der Waals surface area contributed by atoms with E-state index in [-0.39, 0.29) is 16.8 Å². The largest absolute Gasteiger partial charge is 0.504 e. The molecule has 0 saturated heterocycles. The van der Waals surface area contributed by atoms with Gasteiger partial charge in [0.15, 0.2) is 5.75 Å². The van der Waals surface area contributed by atoms with E-state index in [0.717, 1.165) is 15.4 Å². The highest BCUT2D eigenvalue weighted by Gasteiger charge is 2.15. The fourth-order valence-corrected chi connectivity index (χ4v) is 1.35. The van der Waals surface area contributed by atoms with E-state index in [4.69, 9.17) is 4.42 Å². The normalized spacial score (nSPS) is 11.0. The van der Waals surface area contributed by atoms with Crippen LogP contribution in [-0.2, 0) is 14.1 Å². The van der Waals surface area contributed by atoms with Crippen LogP contribution in [0.25, 0.3) is 11.1 Å². The van der Waals surface area contributed by atoms with E-state index < -0.39 is 11.2 Å². The lowest BCUT2D eigenvalue weighted by molar-refractivity contribution is 0.462. The van der Waals surface area contributed by atoms with Gasteiger partial charge in [-0.25, -0.2) is 4.79 Å². The van der Waals surface area contributed by atoms with E-state index >= 15 is 0 Å². The van der Waals surface area contributed by atoms with Gasteiger partial charge in [0.25, 0.3) is 5.56 Å². The maximum atomic E-state index is 11.5. The second-order valence-electron chi connectivity index (χ2n) is 3.01. The number of nitrogens with zero attached hydrogens (tertiary/aromatic N) is 2. The summed E-state index contributed by atoms with van der Waals surface area (Å²) in [5.41, 5.74) is -0.971. The number of fused-ring (bicyclic) bond motifs is 1. The first-order valence-corrected chi connectivity index (χ1v) is 3.90. The second-order valence-corrected chi connectivity index (χ2v) is 3.01. The SMILES string of the molecule is Cn1c(=O)c2c(O)coc2n(C)c1=O. The quantitative estimate of drug-likeness (QED) is 0.618. The van der Waals surface area contributed by atoms with Crippen molar-refractivity contribution in [3.8, 4) is 5.75 Å². The molecular weight excluding hydrogens is 188 g/mol. The Hall–Kier alpha value is -1.98. The molecule has 0 spiro atoms. The highest BCUT2D eigenvalue weighted by molar-refractivity contribution is 5.79. The minimum Gasteiger partial charge on any atom is -0.504 e. The molecule has 0 saturated carbocycles. The average molecular weight is 196 g/mol. The van der Waals surface area contributed by atoms with Crippen molar-refractivity contribution in [2.75, 3.05) is 0 Å². The molecule has 2 aromatic heterocycles. The van der Waals surface area contributed by atoms with Crippen LogP contribution in [0.2, 0.25) is 0 Å². The van der Waals surface area contributed by atoms with Gasteiger partial charge in [-0.2, -0.15) is 0 Å². The van der Waals surface area contributed by atoms with Crippen LogP contribution in [0.5, 0.6) is 5.75 Å². The van der Waals surface area contributed by atoms with Crippen LogP contribution < -0.4 is 11.2 Å². The Morgan fingerprint density at radius 2 is 1.93 bits per heavy atom. The molecule has 0 aliphatic heterocycles. The molecule has 2 rings (SSSR count). The Morgan fingerprint density at radius 1 is 1.29 bits per heavy atom. The highest BCUT2D eigenvalue weighted by atomic mass is 16.4. The molecule has 0 atom stereocenters. The lowest BCUT2D eigenvalue weighted by atomic mass is 10.4. The summed E-state index contributed by atoms with van der Waals surface area (Å²) in [4.78, 5) is 22.9.